The van der Waals surface area contributed by atoms with Gasteiger partial charge in [0.1, 0.15) is 0 Å². The molecule has 23 heavy (non-hydrogen) atoms. The summed E-state index contributed by atoms with van der Waals surface area (Å²) in [6.07, 6.45) is 5.06. The monoisotopic (exact) mass is 310 g/mol. The number of nitriles is 1. The second-order valence-electron chi connectivity index (χ2n) is 7.10. The molecule has 0 amide bonds. The van der Waals surface area contributed by atoms with Crippen molar-refractivity contribution in [3.63, 3.8) is 0 Å². The van der Waals surface area contributed by atoms with Gasteiger partial charge < -0.3 is 14.4 Å². The SMILES string of the molecule is COc1ccc2c3c1OC1C(=O)CC[C@H]4[C@@H](C2)N(C#N)CC[C@]314. The van der Waals surface area contributed by atoms with Gasteiger partial charge in [-0.1, -0.05) is 6.07 Å². The van der Waals surface area contributed by atoms with Crippen molar-refractivity contribution in [1.82, 2.24) is 4.90 Å². The van der Waals surface area contributed by atoms with Crippen molar-refractivity contribution in [2.75, 3.05) is 13.7 Å². The van der Waals surface area contributed by atoms with E-state index in [0.29, 0.717) is 18.9 Å². The van der Waals surface area contributed by atoms with Gasteiger partial charge in [-0.15, -0.1) is 0 Å². The minimum absolute atomic E-state index is 0.194. The summed E-state index contributed by atoms with van der Waals surface area (Å²) >= 11 is 0. The highest BCUT2D eigenvalue weighted by atomic mass is 16.5. The Labute approximate surface area is 134 Å². The first-order valence-corrected chi connectivity index (χ1v) is 8.27. The zero-order valence-electron chi connectivity index (χ0n) is 13.0. The molecule has 4 atom stereocenters. The zero-order chi connectivity index (χ0) is 15.8. The normalized spacial score (nSPS) is 36.1. The van der Waals surface area contributed by atoms with Gasteiger partial charge in [0.25, 0.3) is 0 Å². The van der Waals surface area contributed by atoms with Crippen molar-refractivity contribution >= 4 is 5.78 Å². The Bertz CT molecular complexity index is 768. The fourth-order valence-corrected chi connectivity index (χ4v) is 5.60. The van der Waals surface area contributed by atoms with Gasteiger partial charge in [0.2, 0.25) is 0 Å². The standard InChI is InChI=1S/C18H18N2O3/c1-22-14-5-2-10-8-12-11-3-4-13(21)17-18(11,6-7-20(12)9-19)15(10)16(14)23-17/h2,5,11-12,17H,3-4,6-8H2,1H3/t11-,12+,17?,18-/m0/s1. The van der Waals surface area contributed by atoms with E-state index in [4.69, 9.17) is 9.47 Å². The predicted octanol–water partition coefficient (Wildman–Crippen LogP) is 1.78. The van der Waals surface area contributed by atoms with Gasteiger partial charge in [-0.05, 0) is 36.8 Å². The Morgan fingerprint density at radius 1 is 1.48 bits per heavy atom. The molecule has 2 fully saturated rings. The largest absolute Gasteiger partial charge is 0.493 e. The van der Waals surface area contributed by atoms with Crippen LogP contribution in [0.5, 0.6) is 11.5 Å². The summed E-state index contributed by atoms with van der Waals surface area (Å²) in [5.41, 5.74) is 2.18. The number of ether oxygens (including phenoxy) is 2. The Morgan fingerprint density at radius 2 is 2.35 bits per heavy atom. The van der Waals surface area contributed by atoms with E-state index in [0.717, 1.165) is 30.8 Å². The van der Waals surface area contributed by atoms with Gasteiger partial charge in [0, 0.05) is 24.6 Å². The van der Waals surface area contributed by atoms with Crippen LogP contribution in [-0.4, -0.2) is 36.5 Å². The van der Waals surface area contributed by atoms with E-state index in [2.05, 4.69) is 12.3 Å². The maximum atomic E-state index is 12.6. The van der Waals surface area contributed by atoms with Crippen LogP contribution in [0.15, 0.2) is 12.1 Å². The van der Waals surface area contributed by atoms with Crippen LogP contribution in [0.2, 0.25) is 0 Å². The van der Waals surface area contributed by atoms with E-state index < -0.39 is 6.10 Å². The van der Waals surface area contributed by atoms with Crippen LogP contribution < -0.4 is 9.47 Å². The average molecular weight is 310 g/mol. The lowest BCUT2D eigenvalue weighted by Gasteiger charge is -2.56. The average Bonchev–Trinajstić information content (AvgIpc) is 2.91. The molecule has 1 saturated carbocycles. The van der Waals surface area contributed by atoms with Crippen LogP contribution >= 0.6 is 0 Å². The smallest absolute Gasteiger partial charge is 0.179 e. The van der Waals surface area contributed by atoms with E-state index in [1.165, 1.54) is 11.1 Å². The summed E-state index contributed by atoms with van der Waals surface area (Å²) in [5.74, 6) is 2.02. The van der Waals surface area contributed by atoms with E-state index >= 15 is 0 Å². The molecule has 1 spiro atoms. The Balaban J connectivity index is 1.80. The number of hydrogen-bond acceptors (Lipinski definition) is 5. The fourth-order valence-electron chi connectivity index (χ4n) is 5.60. The van der Waals surface area contributed by atoms with E-state index in [-0.39, 0.29) is 17.2 Å². The Morgan fingerprint density at radius 3 is 3.13 bits per heavy atom. The van der Waals surface area contributed by atoms with Crippen LogP contribution in [0.4, 0.5) is 0 Å². The van der Waals surface area contributed by atoms with E-state index in [9.17, 15) is 10.1 Å². The van der Waals surface area contributed by atoms with Crippen molar-refractivity contribution in [2.24, 2.45) is 5.92 Å². The molecular weight excluding hydrogens is 292 g/mol. The van der Waals surface area contributed by atoms with Crippen molar-refractivity contribution in [2.45, 2.75) is 43.2 Å². The number of piperidine rings is 1. The number of methoxy groups -OCH3 is 1. The molecule has 5 rings (SSSR count). The van der Waals surface area contributed by atoms with Crippen molar-refractivity contribution in [1.29, 1.82) is 5.26 Å². The first-order chi connectivity index (χ1) is 11.2. The first kappa shape index (κ1) is 13.2. The molecule has 2 aliphatic heterocycles. The second kappa shape index (κ2) is 4.19. The van der Waals surface area contributed by atoms with Crippen molar-refractivity contribution < 1.29 is 14.3 Å². The maximum absolute atomic E-state index is 12.6. The maximum Gasteiger partial charge on any atom is 0.179 e. The predicted molar refractivity (Wildman–Crippen MR) is 81.2 cm³/mol. The van der Waals surface area contributed by atoms with Crippen LogP contribution in [0.25, 0.3) is 0 Å². The van der Waals surface area contributed by atoms with Crippen LogP contribution in [0, 0.1) is 17.4 Å². The summed E-state index contributed by atoms with van der Waals surface area (Å²) in [6, 6.07) is 4.22. The number of ketones is 1. The highest BCUT2D eigenvalue weighted by Crippen LogP contribution is 2.63. The first-order valence-electron chi connectivity index (χ1n) is 8.27. The Kier molecular flexibility index (Phi) is 2.41. The number of benzene rings is 1. The lowest BCUT2D eigenvalue weighted by Crippen LogP contribution is -2.65. The summed E-state index contributed by atoms with van der Waals surface area (Å²) < 4.78 is 11.7. The molecule has 1 saturated heterocycles. The minimum atomic E-state index is -0.394. The number of carbonyl (C=O) groups excluding carboxylic acids is 1. The third-order valence-corrected chi connectivity index (χ3v) is 6.44. The third-order valence-electron chi connectivity index (χ3n) is 6.44. The van der Waals surface area contributed by atoms with Crippen molar-refractivity contribution in [3.05, 3.63) is 23.3 Å². The molecule has 118 valence electrons. The molecule has 0 N–H and O–H groups in total. The molecule has 1 unspecified atom stereocenters. The second-order valence-corrected chi connectivity index (χ2v) is 7.10. The molecule has 5 nitrogen and oxygen atoms in total. The van der Waals surface area contributed by atoms with E-state index in [1.54, 1.807) is 7.11 Å². The van der Waals surface area contributed by atoms with Gasteiger partial charge in [0.05, 0.1) is 12.5 Å². The lowest BCUT2D eigenvalue weighted by molar-refractivity contribution is -0.137. The molecule has 0 radical (unpaired) electrons. The summed E-state index contributed by atoms with van der Waals surface area (Å²) in [5, 5.41) is 9.51. The van der Waals surface area contributed by atoms with Gasteiger partial charge in [-0.25, -0.2) is 0 Å². The zero-order valence-corrected chi connectivity index (χ0v) is 13.0. The molecular formula is C18H18N2O3. The molecule has 5 heteroatoms. The quantitative estimate of drug-likeness (QED) is 0.740. The molecule has 2 bridgehead atoms. The number of hydrogen-bond donors (Lipinski definition) is 0. The number of carbonyl (C=O) groups is 1. The fraction of sp³-hybridized carbons (Fsp3) is 0.556. The lowest BCUT2D eigenvalue weighted by atomic mass is 9.52. The molecule has 2 heterocycles. The van der Waals surface area contributed by atoms with Crippen molar-refractivity contribution in [3.8, 4) is 17.7 Å². The van der Waals surface area contributed by atoms with Gasteiger partial charge >= 0.3 is 0 Å². The molecule has 2 aliphatic carbocycles. The summed E-state index contributed by atoms with van der Waals surface area (Å²) in [6.45, 7) is 0.709. The highest BCUT2D eigenvalue weighted by molar-refractivity contribution is 5.89. The van der Waals surface area contributed by atoms with Crippen LogP contribution in [0.1, 0.15) is 30.4 Å². The summed E-state index contributed by atoms with van der Waals surface area (Å²) in [4.78, 5) is 14.6. The van der Waals surface area contributed by atoms with Crippen LogP contribution in [0.3, 0.4) is 0 Å². The van der Waals surface area contributed by atoms with Gasteiger partial charge in [-0.2, -0.15) is 5.26 Å². The number of rotatable bonds is 1. The minimum Gasteiger partial charge on any atom is -0.493 e. The number of nitrogens with zero attached hydrogens (tertiary/aromatic N) is 2. The van der Waals surface area contributed by atoms with Gasteiger partial charge in [-0.3, -0.25) is 4.79 Å². The highest BCUT2D eigenvalue weighted by Gasteiger charge is 2.66. The molecule has 1 aromatic rings. The topological polar surface area (TPSA) is 62.6 Å². The van der Waals surface area contributed by atoms with Crippen LogP contribution in [-0.2, 0) is 16.6 Å². The van der Waals surface area contributed by atoms with E-state index in [1.807, 2.05) is 11.0 Å². The Hall–Kier alpha value is -2.22. The molecule has 4 aliphatic rings. The molecule has 0 aromatic heterocycles. The summed E-state index contributed by atoms with van der Waals surface area (Å²) in [7, 11) is 1.64. The third kappa shape index (κ3) is 1.36. The number of Topliss-reactive ketones (excluding diaryl/α,β-unsaturated/α-hetero) is 1. The van der Waals surface area contributed by atoms with Gasteiger partial charge in [0.15, 0.2) is 29.6 Å². The number of likely N-dealkylation sites (tertiary alicyclic amines) is 1. The molecule has 1 aromatic carbocycles.